The van der Waals surface area contributed by atoms with Crippen LogP contribution in [0.15, 0.2) is 18.5 Å². The Morgan fingerprint density at radius 1 is 1.12 bits per heavy atom. The van der Waals surface area contributed by atoms with Gasteiger partial charge in [-0.25, -0.2) is 0 Å². The van der Waals surface area contributed by atoms with E-state index in [9.17, 15) is 0 Å². The molecule has 0 aliphatic heterocycles. The van der Waals surface area contributed by atoms with Crippen LogP contribution in [-0.2, 0) is 0 Å². The summed E-state index contributed by atoms with van der Waals surface area (Å²) in [7, 11) is 0. The molecule has 17 heavy (non-hydrogen) atoms. The third kappa shape index (κ3) is 3.19. The van der Waals surface area contributed by atoms with Crippen molar-refractivity contribution in [2.45, 2.75) is 51.0 Å². The minimum atomic E-state index is 0.0572. The standard InChI is InChI=1S/C14H23N3/c15-13-8-9-17-10-12(13)14(16)11-6-4-2-1-3-5-7-11/h8-11,14H,1-7,16H2,(H2,15,17). The predicted octanol–water partition coefficient (Wildman–Crippen LogP) is 3.02. The molecule has 1 aliphatic carbocycles. The average Bonchev–Trinajstić information content (AvgIpc) is 2.28. The number of nitrogen functional groups attached to an aromatic ring is 1. The van der Waals surface area contributed by atoms with E-state index in [0.717, 1.165) is 11.3 Å². The lowest BCUT2D eigenvalue weighted by atomic mass is 9.83. The second-order valence-corrected chi connectivity index (χ2v) is 5.14. The smallest absolute Gasteiger partial charge is 0.0393 e. The molecule has 1 aromatic rings. The Balaban J connectivity index is 2.07. The van der Waals surface area contributed by atoms with Crippen LogP contribution in [0.4, 0.5) is 5.69 Å². The molecular formula is C14H23N3. The molecular weight excluding hydrogens is 210 g/mol. The summed E-state index contributed by atoms with van der Waals surface area (Å²) in [6.45, 7) is 0. The number of hydrogen-bond acceptors (Lipinski definition) is 3. The van der Waals surface area contributed by atoms with Gasteiger partial charge in [0.2, 0.25) is 0 Å². The highest BCUT2D eigenvalue weighted by molar-refractivity contribution is 5.46. The molecule has 0 bridgehead atoms. The highest BCUT2D eigenvalue weighted by atomic mass is 14.7. The van der Waals surface area contributed by atoms with E-state index < -0.39 is 0 Å². The van der Waals surface area contributed by atoms with Crippen molar-refractivity contribution in [3.63, 3.8) is 0 Å². The first-order valence-corrected chi connectivity index (χ1v) is 6.74. The normalized spacial score (nSPS) is 20.5. The van der Waals surface area contributed by atoms with Crippen molar-refractivity contribution >= 4 is 5.69 Å². The second-order valence-electron chi connectivity index (χ2n) is 5.14. The van der Waals surface area contributed by atoms with Crippen LogP contribution in [0.5, 0.6) is 0 Å². The lowest BCUT2D eigenvalue weighted by Gasteiger charge is -2.26. The fourth-order valence-electron chi connectivity index (χ4n) is 2.80. The van der Waals surface area contributed by atoms with Gasteiger partial charge >= 0.3 is 0 Å². The molecule has 0 aromatic carbocycles. The van der Waals surface area contributed by atoms with Crippen LogP contribution in [-0.4, -0.2) is 4.98 Å². The molecule has 0 spiro atoms. The molecule has 1 aromatic heterocycles. The molecule has 4 N–H and O–H groups in total. The van der Waals surface area contributed by atoms with Crippen molar-refractivity contribution in [3.8, 4) is 0 Å². The Bertz CT molecular complexity index is 343. The lowest BCUT2D eigenvalue weighted by molar-refractivity contribution is 0.328. The Kier molecular flexibility index (Phi) is 4.37. The maximum absolute atomic E-state index is 6.37. The highest BCUT2D eigenvalue weighted by Crippen LogP contribution is 2.32. The predicted molar refractivity (Wildman–Crippen MR) is 71.4 cm³/mol. The molecule has 0 radical (unpaired) electrons. The SMILES string of the molecule is Nc1ccncc1C(N)C1CCCCCCC1. The van der Waals surface area contributed by atoms with Gasteiger partial charge in [-0.1, -0.05) is 32.1 Å². The van der Waals surface area contributed by atoms with Gasteiger partial charge in [-0.15, -0.1) is 0 Å². The Hall–Kier alpha value is -1.09. The Labute approximate surface area is 104 Å². The zero-order valence-corrected chi connectivity index (χ0v) is 10.4. The summed E-state index contributed by atoms with van der Waals surface area (Å²) in [5, 5.41) is 0. The van der Waals surface area contributed by atoms with Gasteiger partial charge in [0, 0.05) is 29.7 Å². The molecule has 3 nitrogen and oxygen atoms in total. The molecule has 1 unspecified atom stereocenters. The largest absolute Gasteiger partial charge is 0.398 e. The van der Waals surface area contributed by atoms with Gasteiger partial charge in [0.1, 0.15) is 0 Å². The number of aromatic nitrogens is 1. The number of hydrogen-bond donors (Lipinski definition) is 2. The van der Waals surface area contributed by atoms with E-state index in [1.807, 2.05) is 12.3 Å². The van der Waals surface area contributed by atoms with Crippen LogP contribution in [0, 0.1) is 5.92 Å². The first-order valence-electron chi connectivity index (χ1n) is 6.74. The molecule has 94 valence electrons. The number of nitrogens with two attached hydrogens (primary N) is 2. The summed E-state index contributed by atoms with van der Waals surface area (Å²) in [6, 6.07) is 1.90. The van der Waals surface area contributed by atoms with Crippen molar-refractivity contribution in [2.75, 3.05) is 5.73 Å². The van der Waals surface area contributed by atoms with Crippen LogP contribution < -0.4 is 11.5 Å². The topological polar surface area (TPSA) is 64.9 Å². The van der Waals surface area contributed by atoms with Crippen LogP contribution in [0.1, 0.15) is 56.6 Å². The van der Waals surface area contributed by atoms with Gasteiger partial charge in [-0.3, -0.25) is 4.98 Å². The van der Waals surface area contributed by atoms with E-state index >= 15 is 0 Å². The third-order valence-electron chi connectivity index (χ3n) is 3.90. The summed E-state index contributed by atoms with van der Waals surface area (Å²) in [4.78, 5) is 4.14. The fourth-order valence-corrected chi connectivity index (χ4v) is 2.80. The van der Waals surface area contributed by atoms with Crippen molar-refractivity contribution in [1.29, 1.82) is 0 Å². The molecule has 1 aliphatic rings. The summed E-state index contributed by atoms with van der Waals surface area (Å²) in [5.41, 5.74) is 14.2. The van der Waals surface area contributed by atoms with E-state index in [2.05, 4.69) is 4.98 Å². The van der Waals surface area contributed by atoms with Gasteiger partial charge in [-0.2, -0.15) is 0 Å². The maximum Gasteiger partial charge on any atom is 0.0393 e. The van der Waals surface area contributed by atoms with Gasteiger partial charge in [-0.05, 0) is 24.8 Å². The molecule has 0 amide bonds. The zero-order chi connectivity index (χ0) is 12.1. The monoisotopic (exact) mass is 233 g/mol. The zero-order valence-electron chi connectivity index (χ0n) is 10.4. The number of rotatable bonds is 2. The van der Waals surface area contributed by atoms with E-state index in [1.165, 1.54) is 44.9 Å². The van der Waals surface area contributed by atoms with E-state index in [4.69, 9.17) is 11.5 Å². The van der Waals surface area contributed by atoms with Crippen molar-refractivity contribution in [2.24, 2.45) is 11.7 Å². The molecule has 1 fully saturated rings. The van der Waals surface area contributed by atoms with Gasteiger partial charge < -0.3 is 11.5 Å². The van der Waals surface area contributed by atoms with Crippen LogP contribution in [0.3, 0.4) is 0 Å². The molecule has 0 saturated heterocycles. The highest BCUT2D eigenvalue weighted by Gasteiger charge is 2.21. The molecule has 2 rings (SSSR count). The maximum atomic E-state index is 6.37. The van der Waals surface area contributed by atoms with Crippen LogP contribution in [0.2, 0.25) is 0 Å². The Morgan fingerprint density at radius 3 is 2.41 bits per heavy atom. The quantitative estimate of drug-likeness (QED) is 0.825. The van der Waals surface area contributed by atoms with Crippen molar-refractivity contribution in [1.82, 2.24) is 4.98 Å². The van der Waals surface area contributed by atoms with Crippen molar-refractivity contribution in [3.05, 3.63) is 24.0 Å². The van der Waals surface area contributed by atoms with Gasteiger partial charge in [0.25, 0.3) is 0 Å². The number of nitrogens with zero attached hydrogens (tertiary/aromatic N) is 1. The van der Waals surface area contributed by atoms with E-state index in [1.54, 1.807) is 6.20 Å². The minimum absolute atomic E-state index is 0.0572. The summed E-state index contributed by atoms with van der Waals surface area (Å²) in [5.74, 6) is 0.571. The van der Waals surface area contributed by atoms with Gasteiger partial charge in [0.15, 0.2) is 0 Å². The number of anilines is 1. The fraction of sp³-hybridized carbons (Fsp3) is 0.643. The lowest BCUT2D eigenvalue weighted by Crippen LogP contribution is -2.23. The second kappa shape index (κ2) is 6.01. The van der Waals surface area contributed by atoms with E-state index in [0.29, 0.717) is 5.92 Å². The summed E-state index contributed by atoms with van der Waals surface area (Å²) >= 11 is 0. The third-order valence-corrected chi connectivity index (χ3v) is 3.90. The summed E-state index contributed by atoms with van der Waals surface area (Å²) in [6.07, 6.45) is 12.7. The molecule has 1 atom stereocenters. The van der Waals surface area contributed by atoms with Crippen LogP contribution in [0.25, 0.3) is 0 Å². The van der Waals surface area contributed by atoms with Crippen molar-refractivity contribution < 1.29 is 0 Å². The number of pyridine rings is 1. The first-order chi connectivity index (χ1) is 8.29. The summed E-state index contributed by atoms with van der Waals surface area (Å²) < 4.78 is 0. The molecule has 1 heterocycles. The first kappa shape index (κ1) is 12.4. The molecule has 3 heteroatoms. The molecule has 1 saturated carbocycles. The minimum Gasteiger partial charge on any atom is -0.398 e. The Morgan fingerprint density at radius 2 is 1.76 bits per heavy atom. The van der Waals surface area contributed by atoms with Gasteiger partial charge in [0.05, 0.1) is 0 Å². The van der Waals surface area contributed by atoms with E-state index in [-0.39, 0.29) is 6.04 Å². The average molecular weight is 233 g/mol. The van der Waals surface area contributed by atoms with Crippen LogP contribution >= 0.6 is 0 Å².